The van der Waals surface area contributed by atoms with Gasteiger partial charge < -0.3 is 5.11 Å². The van der Waals surface area contributed by atoms with Crippen molar-refractivity contribution in [3.63, 3.8) is 0 Å². The predicted molar refractivity (Wildman–Crippen MR) is 99.5 cm³/mol. The lowest BCUT2D eigenvalue weighted by molar-refractivity contribution is -0.125. The van der Waals surface area contributed by atoms with E-state index in [1.807, 2.05) is 13.8 Å². The number of aromatic nitrogens is 3. The summed E-state index contributed by atoms with van der Waals surface area (Å²) in [4.78, 5) is 32.8. The maximum atomic E-state index is 12.5. The summed E-state index contributed by atoms with van der Waals surface area (Å²) in [6.07, 6.45) is 3.78. The van der Waals surface area contributed by atoms with Crippen LogP contribution >= 0.6 is 11.8 Å². The second-order valence-corrected chi connectivity index (χ2v) is 9.90. The first-order valence-electron chi connectivity index (χ1n) is 8.55. The van der Waals surface area contributed by atoms with E-state index in [4.69, 9.17) is 0 Å². The average Bonchev–Trinajstić information content (AvgIpc) is 2.93. The van der Waals surface area contributed by atoms with Gasteiger partial charge in [-0.1, -0.05) is 34.6 Å². The summed E-state index contributed by atoms with van der Waals surface area (Å²) in [6, 6.07) is 0. The number of nitrogens with zero attached hydrogens (tertiary/aromatic N) is 3. The number of rotatable bonds is 5. The van der Waals surface area contributed by atoms with E-state index in [2.05, 4.69) is 36.1 Å². The summed E-state index contributed by atoms with van der Waals surface area (Å²) in [6.45, 7) is 10.1. The van der Waals surface area contributed by atoms with Gasteiger partial charge in [-0.2, -0.15) is 4.98 Å². The topological polar surface area (TPSA) is 97.1 Å². The zero-order valence-electron chi connectivity index (χ0n) is 15.6. The first-order chi connectivity index (χ1) is 11.5. The van der Waals surface area contributed by atoms with Crippen molar-refractivity contribution in [1.29, 1.82) is 0 Å². The van der Waals surface area contributed by atoms with Crippen LogP contribution in [-0.4, -0.2) is 37.4 Å². The average molecular weight is 369 g/mol. The van der Waals surface area contributed by atoms with Crippen LogP contribution in [0, 0.1) is 10.8 Å². The van der Waals surface area contributed by atoms with Crippen molar-refractivity contribution in [3.8, 4) is 0 Å². The molecular weight excluding hydrogens is 340 g/mol. The number of anilines is 1. The number of aliphatic hydroxyl groups is 1. The molecule has 1 saturated heterocycles. The number of hydrogen-bond donors (Lipinski definition) is 2. The van der Waals surface area contributed by atoms with Gasteiger partial charge >= 0.3 is 5.69 Å². The lowest BCUT2D eigenvalue weighted by atomic mass is 9.76. The zero-order chi connectivity index (χ0) is 18.8. The molecule has 1 aliphatic heterocycles. The van der Waals surface area contributed by atoms with Gasteiger partial charge in [0.2, 0.25) is 11.9 Å². The number of aliphatic hydroxyl groups excluding tert-OH is 1. The van der Waals surface area contributed by atoms with E-state index in [1.165, 1.54) is 10.9 Å². The van der Waals surface area contributed by atoms with E-state index in [0.717, 1.165) is 12.8 Å². The molecule has 25 heavy (non-hydrogen) atoms. The van der Waals surface area contributed by atoms with Gasteiger partial charge in [-0.3, -0.25) is 14.7 Å². The van der Waals surface area contributed by atoms with E-state index in [0.29, 0.717) is 6.42 Å². The molecule has 0 aromatic carbocycles. The maximum absolute atomic E-state index is 12.5. The highest BCUT2D eigenvalue weighted by molar-refractivity contribution is 8.00. The molecule has 0 spiro atoms. The summed E-state index contributed by atoms with van der Waals surface area (Å²) in [7, 11) is 0. The van der Waals surface area contributed by atoms with E-state index in [-0.39, 0.29) is 34.5 Å². The van der Waals surface area contributed by atoms with Crippen LogP contribution in [0.5, 0.6) is 0 Å². The Hall–Kier alpha value is -1.41. The second kappa shape index (κ2) is 7.45. The Morgan fingerprint density at radius 3 is 2.56 bits per heavy atom. The van der Waals surface area contributed by atoms with Gasteiger partial charge in [-0.25, -0.2) is 9.78 Å². The highest BCUT2D eigenvalue weighted by atomic mass is 32.2. The highest BCUT2D eigenvalue weighted by Crippen LogP contribution is 2.40. The maximum Gasteiger partial charge on any atom is 0.353 e. The standard InChI is InChI=1S/C17H28N4O3S/c1-16(2,3)9-17(4,5)13(23)19-14-18-10-21(15(24)20-14)12-7-6-11(8-22)25-12/h10-12,22H,6-9H2,1-5H3,(H,19,20,23,24). The van der Waals surface area contributed by atoms with Crippen molar-refractivity contribution < 1.29 is 9.90 Å². The summed E-state index contributed by atoms with van der Waals surface area (Å²) >= 11 is 1.55. The molecule has 1 aromatic rings. The Morgan fingerprint density at radius 2 is 2.04 bits per heavy atom. The van der Waals surface area contributed by atoms with Gasteiger partial charge in [0.25, 0.3) is 0 Å². The molecule has 7 nitrogen and oxygen atoms in total. The molecule has 0 aliphatic carbocycles. The Labute approximate surface area is 152 Å². The number of thioether (sulfide) groups is 1. The lowest BCUT2D eigenvalue weighted by Crippen LogP contribution is -2.36. The number of carbonyl (C=O) groups excluding carboxylic acids is 1. The van der Waals surface area contributed by atoms with Crippen molar-refractivity contribution >= 4 is 23.6 Å². The normalized spacial score (nSPS) is 21.4. The monoisotopic (exact) mass is 368 g/mol. The minimum atomic E-state index is -0.591. The minimum Gasteiger partial charge on any atom is -0.395 e. The summed E-state index contributed by atoms with van der Waals surface area (Å²) in [5, 5.41) is 12.0. The van der Waals surface area contributed by atoms with Crippen molar-refractivity contribution in [3.05, 3.63) is 16.8 Å². The van der Waals surface area contributed by atoms with Crippen LogP contribution in [0.2, 0.25) is 0 Å². The van der Waals surface area contributed by atoms with E-state index >= 15 is 0 Å². The Kier molecular flexibility index (Phi) is 5.93. The largest absolute Gasteiger partial charge is 0.395 e. The van der Waals surface area contributed by atoms with Gasteiger partial charge in [-0.05, 0) is 24.7 Å². The molecule has 1 fully saturated rings. The van der Waals surface area contributed by atoms with Crippen LogP contribution in [0.4, 0.5) is 5.95 Å². The van der Waals surface area contributed by atoms with Crippen LogP contribution in [0.3, 0.4) is 0 Å². The Balaban J connectivity index is 2.08. The Bertz CT molecular complexity index is 681. The molecule has 2 atom stereocenters. The molecule has 0 bridgehead atoms. The third-order valence-electron chi connectivity index (χ3n) is 4.14. The zero-order valence-corrected chi connectivity index (χ0v) is 16.4. The third-order valence-corrected chi connectivity index (χ3v) is 5.68. The Morgan fingerprint density at radius 1 is 1.36 bits per heavy atom. The van der Waals surface area contributed by atoms with Crippen molar-refractivity contribution in [2.75, 3.05) is 11.9 Å². The molecule has 8 heteroatoms. The van der Waals surface area contributed by atoms with Gasteiger partial charge in [0.1, 0.15) is 6.33 Å². The molecule has 140 valence electrons. The van der Waals surface area contributed by atoms with Crippen LogP contribution < -0.4 is 11.0 Å². The number of amides is 1. The number of nitrogens with one attached hydrogen (secondary N) is 1. The first kappa shape index (κ1) is 19.9. The second-order valence-electron chi connectivity index (χ2n) is 8.42. The van der Waals surface area contributed by atoms with Crippen LogP contribution in [-0.2, 0) is 4.79 Å². The summed E-state index contributed by atoms with van der Waals surface area (Å²) in [5.74, 6) is -0.162. The van der Waals surface area contributed by atoms with Gasteiger partial charge in [0, 0.05) is 10.7 Å². The third kappa shape index (κ3) is 5.28. The number of carbonyl (C=O) groups is 1. The lowest BCUT2D eigenvalue weighted by Gasteiger charge is -2.30. The fourth-order valence-electron chi connectivity index (χ4n) is 3.30. The highest BCUT2D eigenvalue weighted by Gasteiger charge is 2.33. The first-order valence-corrected chi connectivity index (χ1v) is 9.49. The van der Waals surface area contributed by atoms with Crippen molar-refractivity contribution in [1.82, 2.24) is 14.5 Å². The van der Waals surface area contributed by atoms with Crippen LogP contribution in [0.1, 0.15) is 59.3 Å². The fraction of sp³-hybridized carbons (Fsp3) is 0.765. The van der Waals surface area contributed by atoms with Gasteiger partial charge in [0.15, 0.2) is 0 Å². The predicted octanol–water partition coefficient (Wildman–Crippen LogP) is 2.43. The number of hydrogen-bond acceptors (Lipinski definition) is 6. The van der Waals surface area contributed by atoms with Crippen molar-refractivity contribution in [2.24, 2.45) is 10.8 Å². The molecular formula is C17H28N4O3S. The molecule has 0 radical (unpaired) electrons. The van der Waals surface area contributed by atoms with Crippen LogP contribution in [0.15, 0.2) is 11.1 Å². The molecule has 2 unspecified atom stereocenters. The molecule has 1 amide bonds. The van der Waals surface area contributed by atoms with Gasteiger partial charge in [0.05, 0.1) is 12.0 Å². The van der Waals surface area contributed by atoms with E-state index < -0.39 is 11.1 Å². The SMILES string of the molecule is CC(C)(C)CC(C)(C)C(=O)Nc1ncn(C2CCC(CO)S2)c(=O)n1. The summed E-state index contributed by atoms with van der Waals surface area (Å²) in [5.41, 5.74) is -1.02. The summed E-state index contributed by atoms with van der Waals surface area (Å²) < 4.78 is 1.47. The molecule has 1 aliphatic rings. The molecule has 2 heterocycles. The fourth-order valence-corrected chi connectivity index (χ4v) is 4.65. The van der Waals surface area contributed by atoms with E-state index in [1.54, 1.807) is 11.8 Å². The molecule has 2 N–H and O–H groups in total. The van der Waals surface area contributed by atoms with Crippen molar-refractivity contribution in [2.45, 2.75) is 64.5 Å². The van der Waals surface area contributed by atoms with E-state index in [9.17, 15) is 14.7 Å². The van der Waals surface area contributed by atoms with Gasteiger partial charge in [-0.15, -0.1) is 11.8 Å². The molecule has 0 saturated carbocycles. The molecule has 1 aromatic heterocycles. The van der Waals surface area contributed by atoms with Crippen LogP contribution in [0.25, 0.3) is 0 Å². The smallest absolute Gasteiger partial charge is 0.353 e. The quantitative estimate of drug-likeness (QED) is 0.828. The minimum absolute atomic E-state index is 0.00798. The molecule has 2 rings (SSSR count).